The topological polar surface area (TPSA) is 29.0 Å². The maximum Gasteiger partial charge on any atom is 0.147 e. The van der Waals surface area contributed by atoms with E-state index in [1.54, 1.807) is 11.8 Å². The van der Waals surface area contributed by atoms with Gasteiger partial charge in [-0.2, -0.15) is 0 Å². The third-order valence-corrected chi connectivity index (χ3v) is 5.84. The summed E-state index contributed by atoms with van der Waals surface area (Å²) in [5.74, 6) is 1.64. The molecule has 1 saturated heterocycles. The summed E-state index contributed by atoms with van der Waals surface area (Å²) in [5.41, 5.74) is 3.53. The maximum absolute atomic E-state index is 4.88. The Morgan fingerprint density at radius 1 is 0.923 bits per heavy atom. The molecule has 0 radical (unpaired) electrons. The normalized spacial score (nSPS) is 15.2. The van der Waals surface area contributed by atoms with Crippen LogP contribution in [0.15, 0.2) is 71.9 Å². The molecule has 4 heteroatoms. The van der Waals surface area contributed by atoms with Crippen molar-refractivity contribution < 1.29 is 0 Å². The van der Waals surface area contributed by atoms with E-state index in [4.69, 9.17) is 4.98 Å². The summed E-state index contributed by atoms with van der Waals surface area (Å²) >= 11 is 1.75. The summed E-state index contributed by atoms with van der Waals surface area (Å²) in [6.07, 6.45) is 8.17. The minimum atomic E-state index is 0.655. The largest absolute Gasteiger partial charge is 0.355 e. The van der Waals surface area contributed by atoms with E-state index >= 15 is 0 Å². The number of piperidine rings is 1. The monoisotopic (exact) mass is 361 g/mol. The Kier molecular flexibility index (Phi) is 5.21. The zero-order chi connectivity index (χ0) is 17.8. The lowest BCUT2D eigenvalue weighted by Crippen LogP contribution is -2.33. The van der Waals surface area contributed by atoms with Gasteiger partial charge in [0.15, 0.2) is 0 Å². The van der Waals surface area contributed by atoms with Crippen LogP contribution in [0.25, 0.3) is 11.3 Å². The molecule has 0 saturated carbocycles. The van der Waals surface area contributed by atoms with Crippen LogP contribution in [0.5, 0.6) is 0 Å². The highest BCUT2D eigenvalue weighted by Crippen LogP contribution is 2.30. The lowest BCUT2D eigenvalue weighted by atomic mass is 9.89. The zero-order valence-electron chi connectivity index (χ0n) is 15.0. The Morgan fingerprint density at radius 3 is 2.35 bits per heavy atom. The van der Waals surface area contributed by atoms with Crippen molar-refractivity contribution in [1.82, 2.24) is 9.97 Å². The molecule has 0 spiro atoms. The van der Waals surface area contributed by atoms with E-state index in [9.17, 15) is 0 Å². The van der Waals surface area contributed by atoms with Crippen molar-refractivity contribution in [2.75, 3.05) is 24.2 Å². The summed E-state index contributed by atoms with van der Waals surface area (Å²) in [4.78, 5) is 13.0. The van der Waals surface area contributed by atoms with Crippen molar-refractivity contribution >= 4 is 17.6 Å². The summed E-state index contributed by atoms with van der Waals surface area (Å²) in [7, 11) is 0. The van der Waals surface area contributed by atoms with Crippen LogP contribution in [-0.4, -0.2) is 29.3 Å². The van der Waals surface area contributed by atoms with Crippen LogP contribution in [0, 0.1) is 0 Å². The molecule has 132 valence electrons. The zero-order valence-corrected chi connectivity index (χ0v) is 15.8. The first-order chi connectivity index (χ1) is 12.8. The number of rotatable bonds is 4. The highest BCUT2D eigenvalue weighted by Gasteiger charge is 2.21. The van der Waals surface area contributed by atoms with Crippen LogP contribution in [0.2, 0.25) is 0 Å². The van der Waals surface area contributed by atoms with Crippen molar-refractivity contribution in [3.63, 3.8) is 0 Å². The lowest BCUT2D eigenvalue weighted by molar-refractivity contribution is 0.502. The van der Waals surface area contributed by atoms with Gasteiger partial charge >= 0.3 is 0 Å². The summed E-state index contributed by atoms with van der Waals surface area (Å²) in [6.45, 7) is 2.06. The van der Waals surface area contributed by atoms with Gasteiger partial charge in [-0.15, -0.1) is 11.8 Å². The number of aromatic nitrogens is 2. The molecule has 0 atom stereocenters. The van der Waals surface area contributed by atoms with Crippen LogP contribution < -0.4 is 4.90 Å². The first kappa shape index (κ1) is 17.1. The predicted octanol–water partition coefficient (Wildman–Crippen LogP) is 5.25. The van der Waals surface area contributed by atoms with E-state index < -0.39 is 0 Å². The Labute approximate surface area is 159 Å². The molecule has 1 aliphatic rings. The highest BCUT2D eigenvalue weighted by atomic mass is 32.2. The number of anilines is 1. The SMILES string of the molecule is CSc1ccc(-c2cncc(N3CCC(c4ccccc4)CC3)n2)cc1. The van der Waals surface area contributed by atoms with Gasteiger partial charge in [0, 0.05) is 23.5 Å². The summed E-state index contributed by atoms with van der Waals surface area (Å²) < 4.78 is 0. The van der Waals surface area contributed by atoms with Gasteiger partial charge in [0.2, 0.25) is 0 Å². The molecule has 0 unspecified atom stereocenters. The van der Waals surface area contributed by atoms with Crippen LogP contribution in [0.4, 0.5) is 5.82 Å². The van der Waals surface area contributed by atoms with E-state index in [2.05, 4.69) is 70.7 Å². The minimum Gasteiger partial charge on any atom is -0.355 e. The molecule has 4 rings (SSSR count). The third-order valence-electron chi connectivity index (χ3n) is 5.10. The molecule has 1 fully saturated rings. The number of benzene rings is 2. The summed E-state index contributed by atoms with van der Waals surface area (Å²) in [6, 6.07) is 19.4. The average Bonchev–Trinajstić information content (AvgIpc) is 2.75. The third kappa shape index (κ3) is 3.75. The first-order valence-corrected chi connectivity index (χ1v) is 10.3. The number of nitrogens with zero attached hydrogens (tertiary/aromatic N) is 3. The fraction of sp³-hybridized carbons (Fsp3) is 0.273. The van der Waals surface area contributed by atoms with E-state index in [0.29, 0.717) is 5.92 Å². The van der Waals surface area contributed by atoms with Crippen molar-refractivity contribution in [3.05, 3.63) is 72.6 Å². The van der Waals surface area contributed by atoms with E-state index in [-0.39, 0.29) is 0 Å². The molecule has 0 N–H and O–H groups in total. The van der Waals surface area contributed by atoms with E-state index in [1.165, 1.54) is 23.3 Å². The maximum atomic E-state index is 4.88. The van der Waals surface area contributed by atoms with E-state index in [0.717, 1.165) is 30.2 Å². The number of hydrogen-bond donors (Lipinski definition) is 0. The molecule has 3 nitrogen and oxygen atoms in total. The fourth-order valence-electron chi connectivity index (χ4n) is 3.58. The van der Waals surface area contributed by atoms with Gasteiger partial charge in [-0.3, -0.25) is 4.98 Å². The van der Waals surface area contributed by atoms with Gasteiger partial charge in [0.1, 0.15) is 5.82 Å². The molecular formula is C22H23N3S. The Hall–Kier alpha value is -2.33. The van der Waals surface area contributed by atoms with Gasteiger partial charge in [0.25, 0.3) is 0 Å². The number of thioether (sulfide) groups is 1. The second-order valence-corrected chi connectivity index (χ2v) is 7.54. The van der Waals surface area contributed by atoms with Gasteiger partial charge in [-0.25, -0.2) is 4.98 Å². The summed E-state index contributed by atoms with van der Waals surface area (Å²) in [5, 5.41) is 0. The Balaban J connectivity index is 1.47. The van der Waals surface area contributed by atoms with Crippen molar-refractivity contribution in [3.8, 4) is 11.3 Å². The van der Waals surface area contributed by atoms with Gasteiger partial charge in [-0.05, 0) is 42.7 Å². The smallest absolute Gasteiger partial charge is 0.147 e. The van der Waals surface area contributed by atoms with Crippen LogP contribution in [0.3, 0.4) is 0 Å². The van der Waals surface area contributed by atoms with Crippen LogP contribution >= 0.6 is 11.8 Å². The molecule has 3 aromatic rings. The van der Waals surface area contributed by atoms with Gasteiger partial charge in [0.05, 0.1) is 18.1 Å². The average molecular weight is 362 g/mol. The van der Waals surface area contributed by atoms with Crippen LogP contribution in [0.1, 0.15) is 24.3 Å². The van der Waals surface area contributed by atoms with Gasteiger partial charge < -0.3 is 4.90 Å². The quantitative estimate of drug-likeness (QED) is 0.594. The van der Waals surface area contributed by atoms with Crippen LogP contribution in [-0.2, 0) is 0 Å². The second kappa shape index (κ2) is 7.92. The first-order valence-electron chi connectivity index (χ1n) is 9.10. The molecule has 0 aliphatic carbocycles. The number of hydrogen-bond acceptors (Lipinski definition) is 4. The molecule has 2 heterocycles. The highest BCUT2D eigenvalue weighted by molar-refractivity contribution is 7.98. The molecular weight excluding hydrogens is 338 g/mol. The molecule has 1 aliphatic heterocycles. The molecule has 2 aromatic carbocycles. The van der Waals surface area contributed by atoms with Crippen molar-refractivity contribution in [2.45, 2.75) is 23.7 Å². The Bertz CT molecular complexity index is 841. The molecule has 0 amide bonds. The predicted molar refractivity (Wildman–Crippen MR) is 110 cm³/mol. The molecule has 26 heavy (non-hydrogen) atoms. The van der Waals surface area contributed by atoms with E-state index in [1.807, 2.05) is 12.4 Å². The standard InChI is InChI=1S/C22H23N3S/c1-26-20-9-7-19(8-10-20)21-15-23-16-22(24-21)25-13-11-18(12-14-25)17-5-3-2-4-6-17/h2-10,15-16,18H,11-14H2,1H3. The fourth-order valence-corrected chi connectivity index (χ4v) is 3.98. The minimum absolute atomic E-state index is 0.655. The molecule has 0 bridgehead atoms. The molecule has 1 aromatic heterocycles. The van der Waals surface area contributed by atoms with Crippen molar-refractivity contribution in [2.24, 2.45) is 0 Å². The lowest BCUT2D eigenvalue weighted by Gasteiger charge is -2.33. The van der Waals surface area contributed by atoms with Crippen molar-refractivity contribution in [1.29, 1.82) is 0 Å². The second-order valence-electron chi connectivity index (χ2n) is 6.66. The Morgan fingerprint density at radius 2 is 1.65 bits per heavy atom. The van der Waals surface area contributed by atoms with Gasteiger partial charge in [-0.1, -0.05) is 42.5 Å².